The lowest BCUT2D eigenvalue weighted by atomic mass is 10.1. The van der Waals surface area contributed by atoms with Crippen molar-refractivity contribution >= 4 is 16.3 Å². The molecule has 0 aliphatic carbocycles. The van der Waals surface area contributed by atoms with Crippen LogP contribution in [0.3, 0.4) is 0 Å². The van der Waals surface area contributed by atoms with Gasteiger partial charge in [0.1, 0.15) is 5.01 Å². The molecule has 6 nitrogen and oxygen atoms in total. The second-order valence-electron chi connectivity index (χ2n) is 5.04. The van der Waals surface area contributed by atoms with E-state index in [0.717, 1.165) is 43.2 Å². The van der Waals surface area contributed by atoms with Crippen molar-refractivity contribution < 1.29 is 0 Å². The maximum absolute atomic E-state index is 11.8. The Morgan fingerprint density at radius 3 is 2.95 bits per heavy atom. The molecule has 1 fully saturated rings. The quantitative estimate of drug-likeness (QED) is 0.860. The number of hydrogen-bond acceptors (Lipinski definition) is 6. The average molecular weight is 279 g/mol. The van der Waals surface area contributed by atoms with Crippen LogP contribution in [0.25, 0.3) is 4.96 Å². The third-order valence-corrected chi connectivity index (χ3v) is 4.30. The third kappa shape index (κ3) is 2.68. The molecule has 0 amide bonds. The van der Waals surface area contributed by atoms with Gasteiger partial charge in [0.25, 0.3) is 5.56 Å². The Hall–Kier alpha value is -1.31. The van der Waals surface area contributed by atoms with Crippen molar-refractivity contribution in [2.24, 2.45) is 5.73 Å². The Morgan fingerprint density at radius 1 is 1.47 bits per heavy atom. The van der Waals surface area contributed by atoms with Gasteiger partial charge >= 0.3 is 0 Å². The van der Waals surface area contributed by atoms with Crippen LogP contribution in [-0.4, -0.2) is 38.6 Å². The van der Waals surface area contributed by atoms with Gasteiger partial charge in [-0.15, -0.1) is 0 Å². The number of rotatable bonds is 2. The highest BCUT2D eigenvalue weighted by Crippen LogP contribution is 2.16. The fourth-order valence-corrected chi connectivity index (χ4v) is 3.31. The molecule has 0 unspecified atom stereocenters. The molecular formula is C12H17N5OS. The van der Waals surface area contributed by atoms with E-state index in [2.05, 4.69) is 15.0 Å². The molecule has 0 radical (unpaired) electrons. The van der Waals surface area contributed by atoms with Gasteiger partial charge in [-0.05, 0) is 19.8 Å². The highest BCUT2D eigenvalue weighted by atomic mass is 32.1. The van der Waals surface area contributed by atoms with Gasteiger partial charge in [0.05, 0.1) is 6.54 Å². The first kappa shape index (κ1) is 12.7. The van der Waals surface area contributed by atoms with Gasteiger partial charge in [-0.3, -0.25) is 9.69 Å². The van der Waals surface area contributed by atoms with Crippen LogP contribution in [0.4, 0.5) is 0 Å². The molecule has 2 aromatic heterocycles. The Balaban J connectivity index is 1.82. The molecular weight excluding hydrogens is 262 g/mol. The van der Waals surface area contributed by atoms with E-state index in [9.17, 15) is 4.79 Å². The zero-order chi connectivity index (χ0) is 13.4. The zero-order valence-electron chi connectivity index (χ0n) is 10.9. The largest absolute Gasteiger partial charge is 0.328 e. The van der Waals surface area contributed by atoms with Crippen LogP contribution in [-0.2, 0) is 6.54 Å². The van der Waals surface area contributed by atoms with E-state index in [0.29, 0.717) is 11.0 Å². The molecule has 3 rings (SSSR count). The summed E-state index contributed by atoms with van der Waals surface area (Å²) < 4.78 is 1.39. The lowest BCUT2D eigenvalue weighted by Gasteiger charge is -2.28. The van der Waals surface area contributed by atoms with Crippen molar-refractivity contribution in [2.45, 2.75) is 32.4 Å². The Labute approximate surface area is 114 Å². The molecule has 102 valence electrons. The normalized spacial score (nSPS) is 18.2. The predicted octanol–water partition coefficient (Wildman–Crippen LogP) is 0.383. The monoisotopic (exact) mass is 279 g/mol. The van der Waals surface area contributed by atoms with E-state index in [1.165, 1.54) is 21.9 Å². The van der Waals surface area contributed by atoms with E-state index in [-0.39, 0.29) is 5.56 Å². The minimum atomic E-state index is -0.106. The molecule has 0 bridgehead atoms. The standard InChI is InChI=1S/C12H17N5OS/c1-8-6-11(18)17-12(14-8)19-10(15-17)7-16-4-2-9(13)3-5-16/h6,9H,2-5,7,13H2,1H3. The summed E-state index contributed by atoms with van der Waals surface area (Å²) in [6, 6.07) is 1.84. The van der Waals surface area contributed by atoms with Crippen LogP contribution in [0.5, 0.6) is 0 Å². The topological polar surface area (TPSA) is 76.5 Å². The average Bonchev–Trinajstić information content (AvgIpc) is 2.75. The highest BCUT2D eigenvalue weighted by molar-refractivity contribution is 7.16. The third-order valence-electron chi connectivity index (χ3n) is 3.41. The summed E-state index contributed by atoms with van der Waals surface area (Å²) in [6.45, 7) is 4.60. The fourth-order valence-electron chi connectivity index (χ4n) is 2.33. The molecule has 1 aliphatic heterocycles. The number of nitrogens with two attached hydrogens (primary N) is 1. The van der Waals surface area contributed by atoms with Gasteiger partial charge < -0.3 is 5.73 Å². The minimum Gasteiger partial charge on any atom is -0.328 e. The first-order valence-electron chi connectivity index (χ1n) is 6.46. The van der Waals surface area contributed by atoms with E-state index in [1.54, 1.807) is 0 Å². The molecule has 1 saturated heterocycles. The molecule has 3 heterocycles. The molecule has 7 heteroatoms. The van der Waals surface area contributed by atoms with Crippen LogP contribution in [0.2, 0.25) is 0 Å². The zero-order valence-corrected chi connectivity index (χ0v) is 11.7. The smallest absolute Gasteiger partial charge is 0.275 e. The van der Waals surface area contributed by atoms with Crippen molar-refractivity contribution in [3.8, 4) is 0 Å². The molecule has 1 aliphatic rings. The number of piperidine rings is 1. The summed E-state index contributed by atoms with van der Waals surface area (Å²) in [5.74, 6) is 0. The number of hydrogen-bond donors (Lipinski definition) is 1. The molecule has 2 N–H and O–H groups in total. The summed E-state index contributed by atoms with van der Waals surface area (Å²) >= 11 is 1.49. The highest BCUT2D eigenvalue weighted by Gasteiger charge is 2.18. The lowest BCUT2D eigenvalue weighted by Crippen LogP contribution is -2.39. The fraction of sp³-hybridized carbons (Fsp3) is 0.583. The number of nitrogens with zero attached hydrogens (tertiary/aromatic N) is 4. The summed E-state index contributed by atoms with van der Waals surface area (Å²) in [6.07, 6.45) is 2.06. The van der Waals surface area contributed by atoms with Gasteiger partial charge in [-0.25, -0.2) is 4.98 Å². The Bertz CT molecular complexity index is 641. The molecule has 0 aromatic carbocycles. The van der Waals surface area contributed by atoms with E-state index in [4.69, 9.17) is 5.73 Å². The van der Waals surface area contributed by atoms with Gasteiger partial charge in [0.2, 0.25) is 4.96 Å². The first-order chi connectivity index (χ1) is 9.11. The van der Waals surface area contributed by atoms with Crippen LogP contribution in [0.15, 0.2) is 10.9 Å². The van der Waals surface area contributed by atoms with Gasteiger partial charge in [-0.1, -0.05) is 11.3 Å². The van der Waals surface area contributed by atoms with Gasteiger partial charge in [0.15, 0.2) is 0 Å². The van der Waals surface area contributed by atoms with Crippen molar-refractivity contribution in [3.63, 3.8) is 0 Å². The van der Waals surface area contributed by atoms with E-state index < -0.39 is 0 Å². The summed E-state index contributed by atoms with van der Waals surface area (Å²) in [7, 11) is 0. The van der Waals surface area contributed by atoms with Crippen LogP contribution in [0.1, 0.15) is 23.5 Å². The minimum absolute atomic E-state index is 0.106. The number of fused-ring (bicyclic) bond motifs is 1. The number of aromatic nitrogens is 3. The first-order valence-corrected chi connectivity index (χ1v) is 7.28. The van der Waals surface area contributed by atoms with E-state index in [1.807, 2.05) is 6.92 Å². The van der Waals surface area contributed by atoms with Crippen molar-refractivity contribution in [3.05, 3.63) is 27.1 Å². The summed E-state index contributed by atoms with van der Waals surface area (Å²) in [5.41, 5.74) is 6.53. The van der Waals surface area contributed by atoms with E-state index >= 15 is 0 Å². The van der Waals surface area contributed by atoms with Crippen LogP contribution in [0, 0.1) is 6.92 Å². The van der Waals surface area contributed by atoms with Crippen molar-refractivity contribution in [2.75, 3.05) is 13.1 Å². The Kier molecular flexibility index (Phi) is 3.34. The van der Waals surface area contributed by atoms with Gasteiger partial charge in [0, 0.05) is 30.9 Å². The number of likely N-dealkylation sites (tertiary alicyclic amines) is 1. The second kappa shape index (κ2) is 4.99. The molecule has 2 aromatic rings. The maximum Gasteiger partial charge on any atom is 0.275 e. The van der Waals surface area contributed by atoms with Gasteiger partial charge in [-0.2, -0.15) is 9.61 Å². The Morgan fingerprint density at radius 2 is 2.21 bits per heavy atom. The van der Waals surface area contributed by atoms with Crippen LogP contribution < -0.4 is 11.3 Å². The van der Waals surface area contributed by atoms with Crippen molar-refractivity contribution in [1.29, 1.82) is 0 Å². The summed E-state index contributed by atoms with van der Waals surface area (Å²) in [5, 5.41) is 5.29. The SMILES string of the molecule is Cc1cc(=O)n2nc(CN3CCC(N)CC3)sc2n1. The summed E-state index contributed by atoms with van der Waals surface area (Å²) in [4.78, 5) is 19.1. The molecule has 0 spiro atoms. The van der Waals surface area contributed by atoms with Crippen molar-refractivity contribution in [1.82, 2.24) is 19.5 Å². The maximum atomic E-state index is 11.8. The number of aryl methyl sites for hydroxylation is 1. The predicted molar refractivity (Wildman–Crippen MR) is 74.4 cm³/mol. The van der Waals surface area contributed by atoms with Crippen LogP contribution >= 0.6 is 11.3 Å². The molecule has 0 saturated carbocycles. The lowest BCUT2D eigenvalue weighted by molar-refractivity contribution is 0.205. The second-order valence-corrected chi connectivity index (χ2v) is 6.08. The molecule has 0 atom stereocenters. The molecule has 19 heavy (non-hydrogen) atoms.